The summed E-state index contributed by atoms with van der Waals surface area (Å²) in [6.07, 6.45) is 0.805. The highest BCUT2D eigenvalue weighted by atomic mass is 19.3. The first kappa shape index (κ1) is 17.7. The van der Waals surface area contributed by atoms with E-state index in [1.165, 1.54) is 0 Å². The minimum atomic E-state index is -2.52. The van der Waals surface area contributed by atoms with Crippen LogP contribution in [-0.2, 0) is 6.54 Å². The van der Waals surface area contributed by atoms with Crippen LogP contribution in [0.3, 0.4) is 0 Å². The minimum absolute atomic E-state index is 0.159. The van der Waals surface area contributed by atoms with Crippen LogP contribution < -0.4 is 15.4 Å². The van der Waals surface area contributed by atoms with Crippen LogP contribution in [0.1, 0.15) is 24.1 Å². The molecular formula is C17H19F2N3O2. The Balaban J connectivity index is 1.82. The number of rotatable bonds is 7. The number of alkyl halides is 2. The molecule has 128 valence electrons. The summed E-state index contributed by atoms with van der Waals surface area (Å²) in [4.78, 5) is 15.9. The van der Waals surface area contributed by atoms with E-state index in [9.17, 15) is 13.6 Å². The lowest BCUT2D eigenvalue weighted by Crippen LogP contribution is -2.36. The van der Waals surface area contributed by atoms with E-state index < -0.39 is 13.0 Å². The van der Waals surface area contributed by atoms with Gasteiger partial charge in [0.15, 0.2) is 0 Å². The van der Waals surface area contributed by atoms with Gasteiger partial charge in [0.2, 0.25) is 0 Å². The standard InChI is InChI=1S/C17H19F2N3O2/c1-12(14-5-7-20-8-6-14)22-17(23)21-10-13-3-2-4-15(9-13)24-11-16(18)19/h2-9,12,16H,10-11H2,1H3,(H2,21,22,23)/t12-/m1/s1. The van der Waals surface area contributed by atoms with Crippen LogP contribution in [0.15, 0.2) is 48.8 Å². The molecule has 0 radical (unpaired) electrons. The lowest BCUT2D eigenvalue weighted by atomic mass is 10.1. The third-order valence-electron chi connectivity index (χ3n) is 3.28. The number of nitrogens with zero attached hydrogens (tertiary/aromatic N) is 1. The van der Waals surface area contributed by atoms with Gasteiger partial charge in [-0.2, -0.15) is 0 Å². The molecule has 0 saturated carbocycles. The predicted octanol–water partition coefficient (Wildman–Crippen LogP) is 3.29. The molecule has 24 heavy (non-hydrogen) atoms. The number of hydrogen-bond acceptors (Lipinski definition) is 3. The molecule has 7 heteroatoms. The van der Waals surface area contributed by atoms with Crippen molar-refractivity contribution in [2.24, 2.45) is 0 Å². The van der Waals surface area contributed by atoms with Crippen molar-refractivity contribution in [3.8, 4) is 5.75 Å². The van der Waals surface area contributed by atoms with E-state index in [1.807, 2.05) is 19.1 Å². The lowest BCUT2D eigenvalue weighted by molar-refractivity contribution is 0.0818. The van der Waals surface area contributed by atoms with Gasteiger partial charge in [0.25, 0.3) is 6.43 Å². The van der Waals surface area contributed by atoms with Crippen molar-refractivity contribution in [2.75, 3.05) is 6.61 Å². The summed E-state index contributed by atoms with van der Waals surface area (Å²) in [5.41, 5.74) is 1.70. The number of aromatic nitrogens is 1. The minimum Gasteiger partial charge on any atom is -0.488 e. The molecule has 2 N–H and O–H groups in total. The van der Waals surface area contributed by atoms with Crippen LogP contribution in [0.5, 0.6) is 5.75 Å². The van der Waals surface area contributed by atoms with E-state index in [0.29, 0.717) is 5.75 Å². The highest BCUT2D eigenvalue weighted by molar-refractivity contribution is 5.74. The Labute approximate surface area is 139 Å². The summed E-state index contributed by atoms with van der Waals surface area (Å²) in [5.74, 6) is 0.347. The molecular weight excluding hydrogens is 316 g/mol. The maximum atomic E-state index is 12.1. The molecule has 0 fully saturated rings. The zero-order valence-corrected chi connectivity index (χ0v) is 13.2. The third-order valence-corrected chi connectivity index (χ3v) is 3.28. The van der Waals surface area contributed by atoms with Crippen LogP contribution in [0.25, 0.3) is 0 Å². The van der Waals surface area contributed by atoms with Gasteiger partial charge in [-0.3, -0.25) is 4.98 Å². The van der Waals surface area contributed by atoms with Gasteiger partial charge in [-0.25, -0.2) is 13.6 Å². The number of ether oxygens (including phenoxy) is 1. The number of urea groups is 1. The van der Waals surface area contributed by atoms with Crippen LogP contribution in [-0.4, -0.2) is 24.0 Å². The fourth-order valence-electron chi connectivity index (χ4n) is 2.07. The average molecular weight is 335 g/mol. The zero-order chi connectivity index (χ0) is 17.4. The van der Waals surface area contributed by atoms with Gasteiger partial charge >= 0.3 is 6.03 Å². The van der Waals surface area contributed by atoms with Crippen molar-refractivity contribution < 1.29 is 18.3 Å². The van der Waals surface area contributed by atoms with Gasteiger partial charge < -0.3 is 15.4 Å². The van der Waals surface area contributed by atoms with Crippen molar-refractivity contribution in [3.63, 3.8) is 0 Å². The number of hydrogen-bond donors (Lipinski definition) is 2. The molecule has 0 aliphatic heterocycles. The van der Waals surface area contributed by atoms with Crippen LogP contribution in [0.2, 0.25) is 0 Å². The van der Waals surface area contributed by atoms with Crippen molar-refractivity contribution >= 4 is 6.03 Å². The summed E-state index contributed by atoms with van der Waals surface area (Å²) in [6, 6.07) is 9.86. The summed E-state index contributed by atoms with van der Waals surface area (Å²) >= 11 is 0. The Morgan fingerprint density at radius 3 is 2.71 bits per heavy atom. The number of carbonyl (C=O) groups excluding carboxylic acids is 1. The second-order valence-electron chi connectivity index (χ2n) is 5.18. The average Bonchev–Trinajstić information content (AvgIpc) is 2.59. The van der Waals surface area contributed by atoms with Gasteiger partial charge in [-0.1, -0.05) is 12.1 Å². The van der Waals surface area contributed by atoms with Crippen LogP contribution in [0, 0.1) is 0 Å². The molecule has 0 bridgehead atoms. The molecule has 0 aliphatic carbocycles. The predicted molar refractivity (Wildman–Crippen MR) is 86.0 cm³/mol. The SMILES string of the molecule is C[C@@H](NC(=O)NCc1cccc(OCC(F)F)c1)c1ccncc1. The number of halogens is 2. The van der Waals surface area contributed by atoms with E-state index >= 15 is 0 Å². The number of benzene rings is 1. The van der Waals surface area contributed by atoms with Crippen molar-refractivity contribution in [2.45, 2.75) is 25.9 Å². The summed E-state index contributed by atoms with van der Waals surface area (Å²) < 4.78 is 29.2. The maximum Gasteiger partial charge on any atom is 0.315 e. The Morgan fingerprint density at radius 2 is 2.00 bits per heavy atom. The monoisotopic (exact) mass is 335 g/mol. The molecule has 1 aromatic carbocycles. The van der Waals surface area contributed by atoms with Crippen LogP contribution in [0.4, 0.5) is 13.6 Å². The quantitative estimate of drug-likeness (QED) is 0.816. The van der Waals surface area contributed by atoms with E-state index in [-0.39, 0.29) is 18.6 Å². The van der Waals surface area contributed by atoms with Crippen LogP contribution >= 0.6 is 0 Å². The largest absolute Gasteiger partial charge is 0.488 e. The van der Waals surface area contributed by atoms with E-state index in [1.54, 1.807) is 36.7 Å². The normalized spacial score (nSPS) is 11.8. The highest BCUT2D eigenvalue weighted by Crippen LogP contribution is 2.14. The Bertz CT molecular complexity index is 653. The Hall–Kier alpha value is -2.70. The molecule has 0 saturated heterocycles. The topological polar surface area (TPSA) is 63.2 Å². The van der Waals surface area contributed by atoms with Gasteiger partial charge in [-0.15, -0.1) is 0 Å². The third kappa shape index (κ3) is 5.83. The van der Waals surface area contributed by atoms with Gasteiger partial charge in [-0.05, 0) is 42.3 Å². The molecule has 0 spiro atoms. The first-order chi connectivity index (χ1) is 11.5. The van der Waals surface area contributed by atoms with Gasteiger partial charge in [0, 0.05) is 18.9 Å². The van der Waals surface area contributed by atoms with Gasteiger partial charge in [0.05, 0.1) is 6.04 Å². The molecule has 2 aromatic rings. The number of amides is 2. The molecule has 2 amide bonds. The summed E-state index contributed by atoms with van der Waals surface area (Å²) in [5, 5.41) is 5.54. The highest BCUT2D eigenvalue weighted by Gasteiger charge is 2.09. The van der Waals surface area contributed by atoms with Crippen molar-refractivity contribution in [1.29, 1.82) is 0 Å². The van der Waals surface area contributed by atoms with Gasteiger partial charge in [0.1, 0.15) is 12.4 Å². The number of nitrogens with one attached hydrogen (secondary N) is 2. The molecule has 5 nitrogen and oxygen atoms in total. The van der Waals surface area contributed by atoms with Crippen molar-refractivity contribution in [3.05, 3.63) is 59.9 Å². The smallest absolute Gasteiger partial charge is 0.315 e. The summed E-state index contributed by atoms with van der Waals surface area (Å²) in [6.45, 7) is 1.48. The second kappa shape index (κ2) is 8.81. The van der Waals surface area contributed by atoms with E-state index in [0.717, 1.165) is 11.1 Å². The molecule has 1 heterocycles. The lowest BCUT2D eigenvalue weighted by Gasteiger charge is -2.15. The number of pyridine rings is 1. The fourth-order valence-corrected chi connectivity index (χ4v) is 2.07. The van der Waals surface area contributed by atoms with Crippen molar-refractivity contribution in [1.82, 2.24) is 15.6 Å². The molecule has 1 aromatic heterocycles. The molecule has 0 aliphatic rings. The van der Waals surface area contributed by atoms with E-state index in [2.05, 4.69) is 15.6 Å². The molecule has 0 unspecified atom stereocenters. The number of carbonyl (C=O) groups is 1. The first-order valence-corrected chi connectivity index (χ1v) is 7.49. The fraction of sp³-hybridized carbons (Fsp3) is 0.294. The Kier molecular flexibility index (Phi) is 6.48. The van der Waals surface area contributed by atoms with E-state index in [4.69, 9.17) is 4.74 Å². The first-order valence-electron chi connectivity index (χ1n) is 7.49. The zero-order valence-electron chi connectivity index (χ0n) is 13.2. The summed E-state index contributed by atoms with van der Waals surface area (Å²) in [7, 11) is 0. The molecule has 1 atom stereocenters. The molecule has 2 rings (SSSR count). The second-order valence-corrected chi connectivity index (χ2v) is 5.18. The Morgan fingerprint density at radius 1 is 1.25 bits per heavy atom. The maximum absolute atomic E-state index is 12.1.